The van der Waals surface area contributed by atoms with Crippen molar-refractivity contribution in [2.75, 3.05) is 6.54 Å². The van der Waals surface area contributed by atoms with E-state index in [4.69, 9.17) is 11.6 Å². The molecule has 2 N–H and O–H groups in total. The van der Waals surface area contributed by atoms with E-state index in [-0.39, 0.29) is 18.0 Å². The third-order valence-corrected chi connectivity index (χ3v) is 4.79. The highest BCUT2D eigenvalue weighted by atomic mass is 35.5. The SMILES string of the molecule is O=C(Cn1c2ccccc2c2cn[nH]c(=O)c21)NCCc1ccc(Cl)cc1. The zero-order valence-corrected chi connectivity index (χ0v) is 15.2. The van der Waals surface area contributed by atoms with E-state index in [1.165, 1.54) is 0 Å². The highest BCUT2D eigenvalue weighted by Gasteiger charge is 2.15. The smallest absolute Gasteiger partial charge is 0.288 e. The molecule has 2 aromatic heterocycles. The number of halogens is 1. The predicted octanol–water partition coefficient (Wildman–Crippen LogP) is 2.89. The summed E-state index contributed by atoms with van der Waals surface area (Å²) in [6.07, 6.45) is 2.33. The van der Waals surface area contributed by atoms with Crippen LogP contribution in [0.1, 0.15) is 5.56 Å². The van der Waals surface area contributed by atoms with Crippen LogP contribution in [0.4, 0.5) is 0 Å². The van der Waals surface area contributed by atoms with Crippen molar-refractivity contribution in [3.8, 4) is 0 Å². The molecule has 4 rings (SSSR count). The van der Waals surface area contributed by atoms with Gasteiger partial charge in [0, 0.05) is 27.9 Å². The highest BCUT2D eigenvalue weighted by molar-refractivity contribution is 6.30. The van der Waals surface area contributed by atoms with Gasteiger partial charge in [-0.15, -0.1) is 0 Å². The molecule has 0 saturated heterocycles. The zero-order chi connectivity index (χ0) is 18.8. The Balaban J connectivity index is 1.54. The fraction of sp³-hybridized carbons (Fsp3) is 0.150. The van der Waals surface area contributed by atoms with E-state index in [1.807, 2.05) is 48.5 Å². The minimum atomic E-state index is -0.308. The van der Waals surface area contributed by atoms with Gasteiger partial charge in [-0.3, -0.25) is 9.59 Å². The average Bonchev–Trinajstić information content (AvgIpc) is 2.99. The molecule has 2 aromatic carbocycles. The summed E-state index contributed by atoms with van der Waals surface area (Å²) in [7, 11) is 0. The number of para-hydroxylation sites is 1. The summed E-state index contributed by atoms with van der Waals surface area (Å²) >= 11 is 5.88. The summed E-state index contributed by atoms with van der Waals surface area (Å²) in [5.41, 5.74) is 2.08. The van der Waals surface area contributed by atoms with Crippen molar-refractivity contribution in [3.63, 3.8) is 0 Å². The van der Waals surface area contributed by atoms with Gasteiger partial charge in [0.05, 0.1) is 6.20 Å². The first-order valence-electron chi connectivity index (χ1n) is 8.59. The predicted molar refractivity (Wildman–Crippen MR) is 106 cm³/mol. The molecule has 0 unspecified atom stereocenters. The van der Waals surface area contributed by atoms with Crippen molar-refractivity contribution in [1.29, 1.82) is 0 Å². The van der Waals surface area contributed by atoms with Crippen LogP contribution in [0.3, 0.4) is 0 Å². The van der Waals surface area contributed by atoms with Crippen molar-refractivity contribution < 1.29 is 4.79 Å². The lowest BCUT2D eigenvalue weighted by atomic mass is 10.1. The summed E-state index contributed by atoms with van der Waals surface area (Å²) in [6, 6.07) is 15.1. The van der Waals surface area contributed by atoms with Crippen LogP contribution in [-0.4, -0.2) is 27.2 Å². The number of nitrogens with zero attached hydrogens (tertiary/aromatic N) is 2. The number of H-pyrrole nitrogens is 1. The molecule has 0 aliphatic rings. The van der Waals surface area contributed by atoms with Crippen LogP contribution in [0.15, 0.2) is 59.5 Å². The molecule has 0 aliphatic heterocycles. The van der Waals surface area contributed by atoms with E-state index in [2.05, 4.69) is 15.5 Å². The number of aromatic amines is 1. The first kappa shape index (κ1) is 17.3. The number of carbonyl (C=O) groups excluding carboxylic acids is 1. The van der Waals surface area contributed by atoms with Gasteiger partial charge in [0.15, 0.2) is 0 Å². The number of hydrogen-bond acceptors (Lipinski definition) is 3. The number of fused-ring (bicyclic) bond motifs is 3. The van der Waals surface area contributed by atoms with Crippen molar-refractivity contribution in [3.05, 3.63) is 75.7 Å². The third kappa shape index (κ3) is 3.44. The number of nitrogens with one attached hydrogen (secondary N) is 2. The molecule has 136 valence electrons. The Kier molecular flexibility index (Phi) is 4.64. The molecule has 0 fully saturated rings. The van der Waals surface area contributed by atoms with Crippen LogP contribution in [0, 0.1) is 0 Å². The van der Waals surface area contributed by atoms with E-state index >= 15 is 0 Å². The van der Waals surface area contributed by atoms with Crippen molar-refractivity contribution in [2.45, 2.75) is 13.0 Å². The van der Waals surface area contributed by atoms with Gasteiger partial charge < -0.3 is 9.88 Å². The average molecular weight is 381 g/mol. The molecular weight excluding hydrogens is 364 g/mol. The lowest BCUT2D eigenvalue weighted by Crippen LogP contribution is -2.30. The molecular formula is C20H17ClN4O2. The maximum atomic E-state index is 12.5. The minimum Gasteiger partial charge on any atom is -0.354 e. The van der Waals surface area contributed by atoms with Gasteiger partial charge in [-0.1, -0.05) is 41.9 Å². The molecule has 27 heavy (non-hydrogen) atoms. The van der Waals surface area contributed by atoms with E-state index in [0.29, 0.717) is 23.5 Å². The summed E-state index contributed by atoms with van der Waals surface area (Å²) in [6.45, 7) is 0.577. The minimum absolute atomic E-state index is 0.0672. The quantitative estimate of drug-likeness (QED) is 0.558. The van der Waals surface area contributed by atoms with Gasteiger partial charge in [-0.25, -0.2) is 5.10 Å². The Hall–Kier alpha value is -3.12. The van der Waals surface area contributed by atoms with Crippen molar-refractivity contribution in [2.24, 2.45) is 0 Å². The Morgan fingerprint density at radius 1 is 1.11 bits per heavy atom. The summed E-state index contributed by atoms with van der Waals surface area (Å²) in [4.78, 5) is 24.8. The van der Waals surface area contributed by atoms with Gasteiger partial charge >= 0.3 is 0 Å². The summed E-state index contributed by atoms with van der Waals surface area (Å²) < 4.78 is 1.74. The van der Waals surface area contributed by atoms with Crippen LogP contribution in [-0.2, 0) is 17.8 Å². The molecule has 0 radical (unpaired) electrons. The Labute approximate surface area is 159 Å². The second-order valence-corrected chi connectivity index (χ2v) is 6.73. The first-order valence-corrected chi connectivity index (χ1v) is 8.97. The van der Waals surface area contributed by atoms with Gasteiger partial charge in [-0.05, 0) is 30.2 Å². The monoisotopic (exact) mass is 380 g/mol. The first-order chi connectivity index (χ1) is 13.1. The lowest BCUT2D eigenvalue weighted by Gasteiger charge is -2.08. The Morgan fingerprint density at radius 2 is 1.89 bits per heavy atom. The molecule has 7 heteroatoms. The lowest BCUT2D eigenvalue weighted by molar-refractivity contribution is -0.121. The maximum absolute atomic E-state index is 12.5. The van der Waals surface area contributed by atoms with Gasteiger partial charge in [0.2, 0.25) is 5.91 Å². The molecule has 0 spiro atoms. The molecule has 1 amide bonds. The van der Waals surface area contributed by atoms with Crippen LogP contribution >= 0.6 is 11.6 Å². The van der Waals surface area contributed by atoms with Gasteiger partial charge in [0.1, 0.15) is 12.1 Å². The molecule has 4 aromatic rings. The number of aromatic nitrogens is 3. The number of benzene rings is 2. The standard InChI is InChI=1S/C20H17ClN4O2/c21-14-7-5-13(6-8-14)9-10-22-18(26)12-25-17-4-2-1-3-15(17)16-11-23-24-20(27)19(16)25/h1-8,11H,9-10,12H2,(H,22,26)(H,24,27). The number of amides is 1. The second-order valence-electron chi connectivity index (χ2n) is 6.29. The van der Waals surface area contributed by atoms with E-state index in [1.54, 1.807) is 10.8 Å². The fourth-order valence-corrected chi connectivity index (χ4v) is 3.40. The van der Waals surface area contributed by atoms with Crippen molar-refractivity contribution in [1.82, 2.24) is 20.1 Å². The topological polar surface area (TPSA) is 79.8 Å². The molecule has 6 nitrogen and oxygen atoms in total. The van der Waals surface area contributed by atoms with Gasteiger partial charge in [0.25, 0.3) is 5.56 Å². The number of rotatable bonds is 5. The van der Waals surface area contributed by atoms with Crippen LogP contribution in [0.5, 0.6) is 0 Å². The highest BCUT2D eigenvalue weighted by Crippen LogP contribution is 2.25. The van der Waals surface area contributed by atoms with Crippen LogP contribution < -0.4 is 10.9 Å². The second kappa shape index (κ2) is 7.25. The number of hydrogen-bond donors (Lipinski definition) is 2. The summed E-state index contributed by atoms with van der Waals surface area (Å²) in [5, 5.41) is 11.6. The Morgan fingerprint density at radius 3 is 2.70 bits per heavy atom. The molecule has 2 heterocycles. The normalized spacial score (nSPS) is 11.1. The van der Waals surface area contributed by atoms with Crippen LogP contribution in [0.25, 0.3) is 21.8 Å². The largest absolute Gasteiger partial charge is 0.354 e. The molecule has 0 aliphatic carbocycles. The molecule has 0 atom stereocenters. The molecule has 0 bridgehead atoms. The Bertz CT molecular complexity index is 1180. The number of carbonyl (C=O) groups is 1. The van der Waals surface area contributed by atoms with E-state index < -0.39 is 0 Å². The third-order valence-electron chi connectivity index (χ3n) is 4.54. The maximum Gasteiger partial charge on any atom is 0.288 e. The zero-order valence-electron chi connectivity index (χ0n) is 14.4. The summed E-state index contributed by atoms with van der Waals surface area (Å²) in [5.74, 6) is -0.150. The van der Waals surface area contributed by atoms with E-state index in [0.717, 1.165) is 21.9 Å². The van der Waals surface area contributed by atoms with Gasteiger partial charge in [-0.2, -0.15) is 5.10 Å². The van der Waals surface area contributed by atoms with Crippen molar-refractivity contribution >= 4 is 39.3 Å². The fourth-order valence-electron chi connectivity index (χ4n) is 3.28. The van der Waals surface area contributed by atoms with E-state index in [9.17, 15) is 9.59 Å². The molecule has 0 saturated carbocycles. The van der Waals surface area contributed by atoms with Crippen LogP contribution in [0.2, 0.25) is 5.02 Å².